The number of anilines is 1. The Kier molecular flexibility index (Phi) is 7.12. The molecule has 1 saturated heterocycles. The topological polar surface area (TPSA) is 128 Å². The van der Waals surface area contributed by atoms with Gasteiger partial charge in [0.15, 0.2) is 6.10 Å². The summed E-state index contributed by atoms with van der Waals surface area (Å²) in [5.41, 5.74) is 1.27. The summed E-state index contributed by atoms with van der Waals surface area (Å²) in [6.45, 7) is 6.04. The van der Waals surface area contributed by atoms with Crippen molar-refractivity contribution in [1.82, 2.24) is 4.31 Å². The van der Waals surface area contributed by atoms with Gasteiger partial charge in [-0.05, 0) is 50.6 Å². The summed E-state index contributed by atoms with van der Waals surface area (Å²) in [5, 5.41) is 13.6. The first-order chi connectivity index (χ1) is 15.1. The van der Waals surface area contributed by atoms with Crippen molar-refractivity contribution in [3.05, 3.63) is 57.6 Å². The SMILES string of the molecule is Cc1cc(OC(C)C(=O)Nc2ccc(C)c(S(=O)(=O)N3CCOCC3)c2)ccc1[N+](=O)[O-]. The molecule has 1 unspecified atom stereocenters. The number of morpholine rings is 1. The number of benzene rings is 2. The number of sulfonamides is 1. The van der Waals surface area contributed by atoms with Crippen LogP contribution in [0.5, 0.6) is 5.75 Å². The zero-order valence-electron chi connectivity index (χ0n) is 18.0. The molecule has 0 aliphatic carbocycles. The van der Waals surface area contributed by atoms with Crippen molar-refractivity contribution in [3.63, 3.8) is 0 Å². The van der Waals surface area contributed by atoms with Crippen molar-refractivity contribution in [2.75, 3.05) is 31.6 Å². The number of nitro groups is 1. The summed E-state index contributed by atoms with van der Waals surface area (Å²) in [6.07, 6.45) is -0.920. The molecular weight excluding hydrogens is 438 g/mol. The van der Waals surface area contributed by atoms with E-state index >= 15 is 0 Å². The summed E-state index contributed by atoms with van der Waals surface area (Å²) in [5.74, 6) is -0.171. The number of nitro benzene ring substituents is 1. The minimum absolute atomic E-state index is 0.0388. The third kappa shape index (κ3) is 5.23. The van der Waals surface area contributed by atoms with E-state index in [0.29, 0.717) is 35.8 Å². The Morgan fingerprint density at radius 2 is 1.84 bits per heavy atom. The molecule has 32 heavy (non-hydrogen) atoms. The van der Waals surface area contributed by atoms with Crippen molar-refractivity contribution < 1.29 is 27.6 Å². The van der Waals surface area contributed by atoms with Crippen LogP contribution in [0.3, 0.4) is 0 Å². The maximum absolute atomic E-state index is 13.0. The quantitative estimate of drug-likeness (QED) is 0.494. The van der Waals surface area contributed by atoms with E-state index in [4.69, 9.17) is 9.47 Å². The number of aryl methyl sites for hydroxylation is 2. The number of nitrogens with zero attached hydrogens (tertiary/aromatic N) is 2. The van der Waals surface area contributed by atoms with Gasteiger partial charge >= 0.3 is 0 Å². The Hall–Kier alpha value is -3.02. The summed E-state index contributed by atoms with van der Waals surface area (Å²) in [7, 11) is -3.72. The lowest BCUT2D eigenvalue weighted by molar-refractivity contribution is -0.385. The zero-order valence-corrected chi connectivity index (χ0v) is 18.8. The van der Waals surface area contributed by atoms with Gasteiger partial charge in [0.1, 0.15) is 5.75 Å². The van der Waals surface area contributed by atoms with Crippen molar-refractivity contribution >= 4 is 27.3 Å². The van der Waals surface area contributed by atoms with E-state index in [1.807, 2.05) is 0 Å². The average molecular weight is 464 g/mol. The van der Waals surface area contributed by atoms with Crippen molar-refractivity contribution in [2.24, 2.45) is 0 Å². The van der Waals surface area contributed by atoms with E-state index in [1.165, 1.54) is 35.5 Å². The zero-order chi connectivity index (χ0) is 23.5. The summed E-state index contributed by atoms with van der Waals surface area (Å²) >= 11 is 0. The third-order valence-corrected chi connectivity index (χ3v) is 7.13. The molecule has 0 radical (unpaired) electrons. The fourth-order valence-corrected chi connectivity index (χ4v) is 4.95. The van der Waals surface area contributed by atoms with Gasteiger partial charge in [0, 0.05) is 30.4 Å². The summed E-state index contributed by atoms with van der Waals surface area (Å²) in [4.78, 5) is 23.2. The Morgan fingerprint density at radius 1 is 1.16 bits per heavy atom. The molecule has 2 aromatic rings. The van der Waals surface area contributed by atoms with Crippen LogP contribution in [0.4, 0.5) is 11.4 Å². The maximum Gasteiger partial charge on any atom is 0.272 e. The maximum atomic E-state index is 13.0. The molecule has 1 aliphatic heterocycles. The highest BCUT2D eigenvalue weighted by Gasteiger charge is 2.28. The molecular formula is C21H25N3O7S. The molecule has 11 heteroatoms. The number of carbonyl (C=O) groups excluding carboxylic acids is 1. The Balaban J connectivity index is 1.73. The standard InChI is InChI=1S/C21H25N3O7S/c1-14-4-5-17(13-20(14)32(28,29)23-8-10-30-11-9-23)22-21(25)16(3)31-18-6-7-19(24(26)27)15(2)12-18/h4-7,12-13,16H,8-11H2,1-3H3,(H,22,25). The van der Waals surface area contributed by atoms with Gasteiger partial charge in [-0.3, -0.25) is 14.9 Å². The molecule has 1 N–H and O–H groups in total. The first-order valence-corrected chi connectivity index (χ1v) is 11.4. The molecule has 172 valence electrons. The van der Waals surface area contributed by atoms with Crippen molar-refractivity contribution in [2.45, 2.75) is 31.8 Å². The monoisotopic (exact) mass is 463 g/mol. The van der Waals surface area contributed by atoms with Gasteiger partial charge < -0.3 is 14.8 Å². The van der Waals surface area contributed by atoms with E-state index < -0.39 is 27.0 Å². The molecule has 0 aromatic heterocycles. The van der Waals surface area contributed by atoms with Crippen LogP contribution in [0.1, 0.15) is 18.1 Å². The molecule has 0 spiro atoms. The minimum atomic E-state index is -3.72. The second-order valence-electron chi connectivity index (χ2n) is 7.45. The third-order valence-electron chi connectivity index (χ3n) is 5.09. The van der Waals surface area contributed by atoms with Crippen LogP contribution in [0.2, 0.25) is 0 Å². The van der Waals surface area contributed by atoms with Crippen LogP contribution in [-0.4, -0.2) is 56.0 Å². The Morgan fingerprint density at radius 3 is 2.47 bits per heavy atom. The van der Waals surface area contributed by atoms with Gasteiger partial charge in [-0.1, -0.05) is 6.07 Å². The largest absolute Gasteiger partial charge is 0.481 e. The average Bonchev–Trinajstić information content (AvgIpc) is 2.75. The minimum Gasteiger partial charge on any atom is -0.481 e. The van der Waals surface area contributed by atoms with Crippen LogP contribution < -0.4 is 10.1 Å². The van der Waals surface area contributed by atoms with Gasteiger partial charge in [-0.15, -0.1) is 0 Å². The number of nitrogens with one attached hydrogen (secondary N) is 1. The molecule has 3 rings (SSSR count). The normalized spacial score (nSPS) is 15.7. The molecule has 1 heterocycles. The fourth-order valence-electron chi connectivity index (χ4n) is 3.29. The van der Waals surface area contributed by atoms with E-state index in [-0.39, 0.29) is 23.7 Å². The summed E-state index contributed by atoms with van der Waals surface area (Å²) < 4.78 is 38.2. The van der Waals surface area contributed by atoms with E-state index in [1.54, 1.807) is 26.0 Å². The molecule has 1 amide bonds. The predicted molar refractivity (Wildman–Crippen MR) is 117 cm³/mol. The van der Waals surface area contributed by atoms with Crippen molar-refractivity contribution in [1.29, 1.82) is 0 Å². The Bertz CT molecular complexity index is 1130. The molecule has 0 bridgehead atoms. The number of ether oxygens (including phenoxy) is 2. The number of amides is 1. The molecule has 2 aromatic carbocycles. The van der Waals surface area contributed by atoms with Crippen LogP contribution >= 0.6 is 0 Å². The van der Waals surface area contributed by atoms with Crippen molar-refractivity contribution in [3.8, 4) is 5.75 Å². The van der Waals surface area contributed by atoms with Crippen LogP contribution in [-0.2, 0) is 19.6 Å². The number of hydrogen-bond acceptors (Lipinski definition) is 7. The molecule has 0 saturated carbocycles. The van der Waals surface area contributed by atoms with E-state index in [9.17, 15) is 23.3 Å². The highest BCUT2D eigenvalue weighted by Crippen LogP contribution is 2.26. The number of carbonyl (C=O) groups is 1. The first kappa shape index (κ1) is 23.6. The number of rotatable bonds is 7. The van der Waals surface area contributed by atoms with Gasteiger partial charge in [0.2, 0.25) is 10.0 Å². The Labute approximate surface area is 186 Å². The van der Waals surface area contributed by atoms with Crippen LogP contribution in [0, 0.1) is 24.0 Å². The fraction of sp³-hybridized carbons (Fsp3) is 0.381. The molecule has 1 atom stereocenters. The van der Waals surface area contributed by atoms with Gasteiger partial charge in [-0.2, -0.15) is 4.31 Å². The lowest BCUT2D eigenvalue weighted by Gasteiger charge is -2.27. The highest BCUT2D eigenvalue weighted by atomic mass is 32.2. The lowest BCUT2D eigenvalue weighted by Crippen LogP contribution is -2.40. The predicted octanol–water partition coefficient (Wildman–Crippen LogP) is 2.64. The smallest absolute Gasteiger partial charge is 0.272 e. The van der Waals surface area contributed by atoms with Crippen LogP contribution in [0.25, 0.3) is 0 Å². The van der Waals surface area contributed by atoms with Gasteiger partial charge in [0.05, 0.1) is 23.0 Å². The lowest BCUT2D eigenvalue weighted by atomic mass is 10.2. The summed E-state index contributed by atoms with van der Waals surface area (Å²) in [6, 6.07) is 8.91. The van der Waals surface area contributed by atoms with Gasteiger partial charge in [-0.25, -0.2) is 8.42 Å². The second-order valence-corrected chi connectivity index (χ2v) is 9.36. The first-order valence-electron chi connectivity index (χ1n) is 10.0. The van der Waals surface area contributed by atoms with E-state index in [0.717, 1.165) is 0 Å². The van der Waals surface area contributed by atoms with Gasteiger partial charge in [0.25, 0.3) is 11.6 Å². The number of hydrogen-bond donors (Lipinski definition) is 1. The highest BCUT2D eigenvalue weighted by molar-refractivity contribution is 7.89. The molecule has 1 aliphatic rings. The molecule has 1 fully saturated rings. The second kappa shape index (κ2) is 9.63. The molecule has 10 nitrogen and oxygen atoms in total. The van der Waals surface area contributed by atoms with E-state index in [2.05, 4.69) is 5.32 Å². The van der Waals surface area contributed by atoms with Crippen LogP contribution in [0.15, 0.2) is 41.3 Å².